The first-order valence-corrected chi connectivity index (χ1v) is 6.96. The van der Waals surface area contributed by atoms with Crippen LogP contribution in [0.4, 0.5) is 0 Å². The monoisotopic (exact) mass is 360 g/mol. The van der Waals surface area contributed by atoms with Crippen LogP contribution in [0, 0.1) is 0 Å². The highest BCUT2D eigenvalue weighted by Gasteiger charge is 2.18. The van der Waals surface area contributed by atoms with Gasteiger partial charge in [-0.3, -0.25) is 0 Å². The van der Waals surface area contributed by atoms with E-state index in [-0.39, 0.29) is 12.1 Å². The van der Waals surface area contributed by atoms with Crippen LogP contribution in [0.5, 0.6) is 0 Å². The van der Waals surface area contributed by atoms with E-state index in [1.165, 1.54) is 0 Å². The van der Waals surface area contributed by atoms with Gasteiger partial charge in [-0.1, -0.05) is 37.3 Å². The highest BCUT2D eigenvalue weighted by Crippen LogP contribution is 2.28. The number of halogens is 2. The molecular formula is C13H14Br2O2. The SMILES string of the molecule is CCC(C)OC(=O)C(=C(Br)Br)c1ccccc1. The molecule has 0 amide bonds. The Morgan fingerprint density at radius 2 is 1.88 bits per heavy atom. The summed E-state index contributed by atoms with van der Waals surface area (Å²) in [6, 6.07) is 9.41. The van der Waals surface area contributed by atoms with Crippen LogP contribution < -0.4 is 0 Å². The minimum Gasteiger partial charge on any atom is -0.459 e. The Labute approximate surface area is 118 Å². The third-order valence-corrected chi connectivity index (χ3v) is 3.13. The molecule has 0 radical (unpaired) electrons. The topological polar surface area (TPSA) is 26.3 Å². The number of carbonyl (C=O) groups excluding carboxylic acids is 1. The van der Waals surface area contributed by atoms with Crippen molar-refractivity contribution in [3.8, 4) is 0 Å². The van der Waals surface area contributed by atoms with Crippen LogP contribution >= 0.6 is 31.9 Å². The van der Waals surface area contributed by atoms with Crippen molar-refractivity contribution in [1.29, 1.82) is 0 Å². The lowest BCUT2D eigenvalue weighted by Gasteiger charge is -2.13. The number of benzene rings is 1. The molecular weight excluding hydrogens is 348 g/mol. The predicted octanol–water partition coefficient (Wildman–Crippen LogP) is 4.49. The van der Waals surface area contributed by atoms with Crippen molar-refractivity contribution in [1.82, 2.24) is 0 Å². The summed E-state index contributed by atoms with van der Waals surface area (Å²) in [6.07, 6.45) is 0.717. The molecule has 0 aromatic heterocycles. The summed E-state index contributed by atoms with van der Waals surface area (Å²) in [6.45, 7) is 3.86. The fourth-order valence-corrected chi connectivity index (χ4v) is 2.02. The second-order valence-electron chi connectivity index (χ2n) is 3.63. The second-order valence-corrected chi connectivity index (χ2v) is 6.28. The molecule has 92 valence electrons. The molecule has 0 aliphatic carbocycles. The number of carbonyl (C=O) groups is 1. The summed E-state index contributed by atoms with van der Waals surface area (Å²) < 4.78 is 5.92. The minimum atomic E-state index is -0.325. The lowest BCUT2D eigenvalue weighted by molar-refractivity contribution is -0.141. The summed E-state index contributed by atoms with van der Waals surface area (Å²) in [7, 11) is 0. The number of hydrogen-bond acceptors (Lipinski definition) is 2. The van der Waals surface area contributed by atoms with Crippen molar-refractivity contribution < 1.29 is 9.53 Å². The average Bonchev–Trinajstić information content (AvgIpc) is 2.29. The Morgan fingerprint density at radius 3 is 2.35 bits per heavy atom. The van der Waals surface area contributed by atoms with Gasteiger partial charge in [0.2, 0.25) is 0 Å². The standard InChI is InChI=1S/C13H14Br2O2/c1-3-9(2)17-13(16)11(12(14)15)10-7-5-4-6-8-10/h4-9H,3H2,1-2H3. The highest BCUT2D eigenvalue weighted by atomic mass is 79.9. The number of hydrogen-bond donors (Lipinski definition) is 0. The number of esters is 1. The van der Waals surface area contributed by atoms with Crippen molar-refractivity contribution in [3.63, 3.8) is 0 Å². The van der Waals surface area contributed by atoms with E-state index < -0.39 is 0 Å². The van der Waals surface area contributed by atoms with Crippen LogP contribution in [0.1, 0.15) is 25.8 Å². The molecule has 4 heteroatoms. The molecule has 17 heavy (non-hydrogen) atoms. The predicted molar refractivity (Wildman–Crippen MR) is 77.1 cm³/mol. The van der Waals surface area contributed by atoms with E-state index >= 15 is 0 Å². The minimum absolute atomic E-state index is 0.0828. The molecule has 0 heterocycles. The van der Waals surface area contributed by atoms with Crippen LogP contribution in [0.3, 0.4) is 0 Å². The zero-order chi connectivity index (χ0) is 12.8. The van der Waals surface area contributed by atoms with Gasteiger partial charge in [0.15, 0.2) is 0 Å². The van der Waals surface area contributed by atoms with Gasteiger partial charge in [-0.25, -0.2) is 4.79 Å². The molecule has 2 nitrogen and oxygen atoms in total. The maximum Gasteiger partial charge on any atom is 0.340 e. The Kier molecular flexibility index (Phi) is 5.92. The molecule has 0 saturated carbocycles. The van der Waals surface area contributed by atoms with Gasteiger partial charge in [0.25, 0.3) is 0 Å². The van der Waals surface area contributed by atoms with Crippen molar-refractivity contribution in [3.05, 3.63) is 39.3 Å². The van der Waals surface area contributed by atoms with Gasteiger partial charge in [0.1, 0.15) is 0 Å². The van der Waals surface area contributed by atoms with Crippen molar-refractivity contribution in [2.24, 2.45) is 0 Å². The molecule has 1 aromatic rings. The van der Waals surface area contributed by atoms with Crippen molar-refractivity contribution in [2.75, 3.05) is 0 Å². The molecule has 0 saturated heterocycles. The van der Waals surface area contributed by atoms with Gasteiger partial charge in [-0.15, -0.1) is 0 Å². The Balaban J connectivity index is 2.97. The normalized spacial score (nSPS) is 11.8. The first kappa shape index (κ1) is 14.5. The molecule has 1 rings (SSSR count). The van der Waals surface area contributed by atoms with Crippen LogP contribution in [-0.2, 0) is 9.53 Å². The van der Waals surface area contributed by atoms with Gasteiger partial charge < -0.3 is 4.74 Å². The molecule has 0 aliphatic rings. The number of rotatable bonds is 4. The van der Waals surface area contributed by atoms with E-state index in [4.69, 9.17) is 4.74 Å². The van der Waals surface area contributed by atoms with E-state index in [1.54, 1.807) is 0 Å². The fraction of sp³-hybridized carbons (Fsp3) is 0.308. The average molecular weight is 362 g/mol. The molecule has 1 aromatic carbocycles. The van der Waals surface area contributed by atoms with E-state index in [0.29, 0.717) is 8.96 Å². The molecule has 1 atom stereocenters. The van der Waals surface area contributed by atoms with Crippen molar-refractivity contribution in [2.45, 2.75) is 26.4 Å². The highest BCUT2D eigenvalue weighted by molar-refractivity contribution is 9.28. The molecule has 1 unspecified atom stereocenters. The van der Waals surface area contributed by atoms with Crippen LogP contribution in [0.25, 0.3) is 5.57 Å². The van der Waals surface area contributed by atoms with Crippen LogP contribution in [0.2, 0.25) is 0 Å². The number of ether oxygens (including phenoxy) is 1. The quantitative estimate of drug-likeness (QED) is 0.583. The van der Waals surface area contributed by atoms with E-state index in [9.17, 15) is 4.79 Å². The lowest BCUT2D eigenvalue weighted by Crippen LogP contribution is -2.15. The van der Waals surface area contributed by atoms with Gasteiger partial charge >= 0.3 is 5.97 Å². The third-order valence-electron chi connectivity index (χ3n) is 2.34. The fourth-order valence-electron chi connectivity index (χ4n) is 1.23. The first-order chi connectivity index (χ1) is 8.06. The lowest BCUT2D eigenvalue weighted by atomic mass is 10.1. The Morgan fingerprint density at radius 1 is 1.29 bits per heavy atom. The summed E-state index contributed by atoms with van der Waals surface area (Å²) in [5.41, 5.74) is 1.33. The smallest absolute Gasteiger partial charge is 0.340 e. The molecule has 0 N–H and O–H groups in total. The summed E-state index contributed by atoms with van der Waals surface area (Å²) in [5, 5.41) is 0. The molecule has 0 aliphatic heterocycles. The van der Waals surface area contributed by atoms with Crippen molar-refractivity contribution >= 4 is 43.4 Å². The van der Waals surface area contributed by atoms with E-state index in [0.717, 1.165) is 12.0 Å². The summed E-state index contributed by atoms with van der Waals surface area (Å²) in [5.74, 6) is -0.325. The maximum absolute atomic E-state index is 12.0. The van der Waals surface area contributed by atoms with Gasteiger partial charge in [0.05, 0.1) is 15.1 Å². The van der Waals surface area contributed by atoms with Crippen LogP contribution in [-0.4, -0.2) is 12.1 Å². The van der Waals surface area contributed by atoms with E-state index in [1.807, 2.05) is 44.2 Å². The largest absolute Gasteiger partial charge is 0.459 e. The van der Waals surface area contributed by atoms with E-state index in [2.05, 4.69) is 31.9 Å². The molecule has 0 spiro atoms. The summed E-state index contributed by atoms with van der Waals surface area (Å²) in [4.78, 5) is 12.0. The zero-order valence-corrected chi connectivity index (χ0v) is 12.9. The first-order valence-electron chi connectivity index (χ1n) is 5.38. The second kappa shape index (κ2) is 6.97. The Hall–Kier alpha value is -0.610. The molecule has 0 fully saturated rings. The summed E-state index contributed by atoms with van der Waals surface area (Å²) >= 11 is 6.57. The third kappa shape index (κ3) is 4.28. The van der Waals surface area contributed by atoms with Gasteiger partial charge in [-0.05, 0) is 50.8 Å². The Bertz CT molecular complexity index is 409. The van der Waals surface area contributed by atoms with Gasteiger partial charge in [0, 0.05) is 0 Å². The zero-order valence-electron chi connectivity index (χ0n) is 9.74. The van der Waals surface area contributed by atoms with Gasteiger partial charge in [-0.2, -0.15) is 0 Å². The molecule has 0 bridgehead atoms. The maximum atomic E-state index is 12.0. The van der Waals surface area contributed by atoms with Crippen LogP contribution in [0.15, 0.2) is 33.7 Å².